The Bertz CT molecular complexity index is 184. The van der Waals surface area contributed by atoms with Crippen molar-refractivity contribution in [3.63, 3.8) is 0 Å². The molecule has 6 heteroatoms. The van der Waals surface area contributed by atoms with Gasteiger partial charge in [0.15, 0.2) is 0 Å². The molecule has 1 heterocycles. The van der Waals surface area contributed by atoms with Crippen LogP contribution in [0.5, 0.6) is 0 Å². The number of aliphatic hydroxyl groups is 5. The average molecular weight is 194 g/mol. The van der Waals surface area contributed by atoms with Gasteiger partial charge in [0.2, 0.25) is 5.79 Å². The minimum absolute atomic E-state index is 0.839. The van der Waals surface area contributed by atoms with Gasteiger partial charge >= 0.3 is 0 Å². The first-order chi connectivity index (χ1) is 5.92. The maximum Gasteiger partial charge on any atom is 0.219 e. The quantitative estimate of drug-likeness (QED) is 0.324. The second-order valence-electron chi connectivity index (χ2n) is 3.26. The molecule has 6 nitrogen and oxygen atoms in total. The molecule has 0 radical (unpaired) electrons. The molecule has 1 aliphatic rings. The van der Waals surface area contributed by atoms with Crippen LogP contribution in [0.2, 0.25) is 0 Å². The van der Waals surface area contributed by atoms with Crippen LogP contribution in [0.15, 0.2) is 0 Å². The highest BCUT2D eigenvalue weighted by atomic mass is 16.7. The molecule has 1 fully saturated rings. The van der Waals surface area contributed by atoms with Crippen molar-refractivity contribution in [2.75, 3.05) is 6.61 Å². The number of hydrogen-bond donors (Lipinski definition) is 5. The van der Waals surface area contributed by atoms with Gasteiger partial charge < -0.3 is 30.3 Å². The number of rotatable bonds is 2. The molecule has 0 spiro atoms. The molecule has 1 aliphatic heterocycles. The van der Waals surface area contributed by atoms with Gasteiger partial charge in [-0.3, -0.25) is 0 Å². The van der Waals surface area contributed by atoms with Crippen LogP contribution in [-0.4, -0.2) is 62.3 Å². The Kier molecular flexibility index (Phi) is 2.91. The largest absolute Gasteiger partial charge is 0.391 e. The summed E-state index contributed by atoms with van der Waals surface area (Å²) in [7, 11) is 0. The van der Waals surface area contributed by atoms with E-state index >= 15 is 0 Å². The first kappa shape index (κ1) is 10.8. The Balaban J connectivity index is 2.78. The van der Waals surface area contributed by atoms with Crippen molar-refractivity contribution in [2.24, 2.45) is 0 Å². The fourth-order valence-electron chi connectivity index (χ4n) is 1.34. The minimum Gasteiger partial charge on any atom is -0.391 e. The number of hydrogen-bond acceptors (Lipinski definition) is 6. The summed E-state index contributed by atoms with van der Waals surface area (Å²) in [6.07, 6.45) is -5.15. The fourth-order valence-corrected chi connectivity index (χ4v) is 1.34. The normalized spacial score (nSPS) is 48.0. The van der Waals surface area contributed by atoms with Gasteiger partial charge in [0.05, 0.1) is 12.7 Å². The van der Waals surface area contributed by atoms with Gasteiger partial charge in [-0.25, -0.2) is 0 Å². The van der Waals surface area contributed by atoms with Crippen LogP contribution in [0.1, 0.15) is 6.92 Å². The molecule has 78 valence electrons. The molecule has 0 aromatic heterocycles. The summed E-state index contributed by atoms with van der Waals surface area (Å²) >= 11 is 0. The van der Waals surface area contributed by atoms with E-state index in [-0.39, 0.29) is 0 Å². The van der Waals surface area contributed by atoms with Crippen LogP contribution in [0.4, 0.5) is 0 Å². The maximum absolute atomic E-state index is 9.36. The molecule has 5 atom stereocenters. The first-order valence-corrected chi connectivity index (χ1v) is 3.97. The van der Waals surface area contributed by atoms with Crippen molar-refractivity contribution in [3.05, 3.63) is 0 Å². The lowest BCUT2D eigenvalue weighted by Gasteiger charge is -2.23. The van der Waals surface area contributed by atoms with E-state index < -0.39 is 36.8 Å². The molecule has 1 rings (SSSR count). The zero-order valence-corrected chi connectivity index (χ0v) is 7.16. The van der Waals surface area contributed by atoms with Gasteiger partial charge in [0.25, 0.3) is 0 Å². The predicted octanol–water partition coefficient (Wildman–Crippen LogP) is -2.83. The van der Waals surface area contributed by atoms with Crippen LogP contribution >= 0.6 is 0 Å². The second kappa shape index (κ2) is 3.49. The monoisotopic (exact) mass is 194 g/mol. The predicted molar refractivity (Wildman–Crippen MR) is 40.6 cm³/mol. The zero-order valence-electron chi connectivity index (χ0n) is 7.16. The molecule has 13 heavy (non-hydrogen) atoms. The van der Waals surface area contributed by atoms with Crippen LogP contribution in [0.25, 0.3) is 0 Å². The highest BCUT2D eigenvalue weighted by molar-refractivity contribution is 4.96. The van der Waals surface area contributed by atoms with Crippen molar-refractivity contribution in [3.8, 4) is 0 Å². The fraction of sp³-hybridized carbons (Fsp3) is 1.00. The van der Waals surface area contributed by atoms with Crippen molar-refractivity contribution in [2.45, 2.75) is 37.1 Å². The summed E-state index contributed by atoms with van der Waals surface area (Å²) in [5, 5.41) is 45.7. The van der Waals surface area contributed by atoms with Crippen LogP contribution in [0.3, 0.4) is 0 Å². The maximum atomic E-state index is 9.36. The van der Waals surface area contributed by atoms with Crippen molar-refractivity contribution < 1.29 is 30.3 Å². The first-order valence-electron chi connectivity index (χ1n) is 3.97. The van der Waals surface area contributed by atoms with Gasteiger partial charge in [-0.1, -0.05) is 0 Å². The highest BCUT2D eigenvalue weighted by Crippen LogP contribution is 2.30. The van der Waals surface area contributed by atoms with E-state index in [1.54, 1.807) is 0 Å². The van der Waals surface area contributed by atoms with Crippen LogP contribution < -0.4 is 0 Å². The SMILES string of the molecule is C[C@@H](O)[C@H]1OC(O)(CO)[C@@H](O)[C@@H]1O. The molecule has 0 saturated carbocycles. The topological polar surface area (TPSA) is 110 Å². The van der Waals surface area contributed by atoms with Gasteiger partial charge in [-0.15, -0.1) is 0 Å². The summed E-state index contributed by atoms with van der Waals surface area (Å²) < 4.78 is 4.74. The summed E-state index contributed by atoms with van der Waals surface area (Å²) in [4.78, 5) is 0. The average Bonchev–Trinajstić information content (AvgIpc) is 2.31. The molecule has 0 aliphatic carbocycles. The summed E-state index contributed by atoms with van der Waals surface area (Å²) in [5.74, 6) is -2.18. The highest BCUT2D eigenvalue weighted by Gasteiger charge is 2.54. The molecular weight excluding hydrogens is 180 g/mol. The van der Waals surface area contributed by atoms with Crippen molar-refractivity contribution in [1.82, 2.24) is 0 Å². The Labute approximate surface area is 75.0 Å². The van der Waals surface area contributed by atoms with E-state index in [0.29, 0.717) is 0 Å². The zero-order chi connectivity index (χ0) is 10.2. The third kappa shape index (κ3) is 1.69. The molecule has 5 N–H and O–H groups in total. The van der Waals surface area contributed by atoms with Crippen molar-refractivity contribution >= 4 is 0 Å². The molecule has 0 amide bonds. The summed E-state index contributed by atoms with van der Waals surface area (Å²) in [6, 6.07) is 0. The smallest absolute Gasteiger partial charge is 0.219 e. The van der Waals surface area contributed by atoms with Gasteiger partial charge in [0.1, 0.15) is 18.3 Å². The molecule has 0 bridgehead atoms. The minimum atomic E-state index is -2.18. The lowest BCUT2D eigenvalue weighted by atomic mass is 10.0. The summed E-state index contributed by atoms with van der Waals surface area (Å²) in [5.41, 5.74) is 0. The third-order valence-electron chi connectivity index (χ3n) is 2.16. The van der Waals surface area contributed by atoms with E-state index in [0.717, 1.165) is 0 Å². The Morgan fingerprint density at radius 3 is 2.23 bits per heavy atom. The lowest BCUT2D eigenvalue weighted by Crippen LogP contribution is -2.46. The van der Waals surface area contributed by atoms with Crippen LogP contribution in [0, 0.1) is 0 Å². The van der Waals surface area contributed by atoms with Crippen LogP contribution in [-0.2, 0) is 4.74 Å². The van der Waals surface area contributed by atoms with Gasteiger partial charge in [-0.2, -0.15) is 0 Å². The third-order valence-corrected chi connectivity index (χ3v) is 2.16. The molecule has 1 unspecified atom stereocenters. The number of ether oxygens (including phenoxy) is 1. The van der Waals surface area contributed by atoms with E-state index in [4.69, 9.17) is 14.9 Å². The Morgan fingerprint density at radius 2 is 2.00 bits per heavy atom. The van der Waals surface area contributed by atoms with Gasteiger partial charge in [0, 0.05) is 0 Å². The van der Waals surface area contributed by atoms with Gasteiger partial charge in [-0.05, 0) is 6.92 Å². The molecule has 0 aromatic rings. The van der Waals surface area contributed by atoms with E-state index in [1.807, 2.05) is 0 Å². The van der Waals surface area contributed by atoms with E-state index in [1.165, 1.54) is 6.92 Å². The Hall–Kier alpha value is -0.240. The molecule has 1 saturated heterocycles. The van der Waals surface area contributed by atoms with Crippen molar-refractivity contribution in [1.29, 1.82) is 0 Å². The second-order valence-corrected chi connectivity index (χ2v) is 3.26. The number of aliphatic hydroxyl groups excluding tert-OH is 4. The summed E-state index contributed by atoms with van der Waals surface area (Å²) in [6.45, 7) is 0.512. The standard InChI is InChI=1S/C7H14O6/c1-3(9)5-4(10)6(11)7(12,2-8)13-5/h3-6,8-12H,2H2,1H3/t3-,4-,5-,6+,7?/m1/s1. The molecule has 0 aromatic carbocycles. The van der Waals surface area contributed by atoms with E-state index in [9.17, 15) is 15.3 Å². The Morgan fingerprint density at radius 1 is 1.46 bits per heavy atom. The molecular formula is C7H14O6. The van der Waals surface area contributed by atoms with E-state index in [2.05, 4.69) is 0 Å². The lowest BCUT2D eigenvalue weighted by molar-refractivity contribution is -0.252.